The Hall–Kier alpha value is -0.903. The molecule has 0 aromatic carbocycles. The first-order valence-electron chi connectivity index (χ1n) is 7.27. The molecule has 0 N–H and O–H groups in total. The molecule has 1 unspecified atom stereocenters. The third kappa shape index (κ3) is 4.30. The van der Waals surface area contributed by atoms with E-state index in [4.69, 9.17) is 4.42 Å². The van der Waals surface area contributed by atoms with Gasteiger partial charge in [0.15, 0.2) is 11.7 Å². The molecule has 0 spiro atoms. The number of carbonyl (C=O) groups excluding carboxylic acids is 1. The minimum Gasteiger partial charge on any atom is -0.445 e. The maximum absolute atomic E-state index is 12.5. The first-order chi connectivity index (χ1) is 8.77. The average molecular weight is 281 g/mol. The lowest BCUT2D eigenvalue weighted by atomic mass is 10.2. The van der Waals surface area contributed by atoms with Crippen LogP contribution in [0.25, 0.3) is 0 Å². The lowest BCUT2D eigenvalue weighted by Crippen LogP contribution is -2.32. The van der Waals surface area contributed by atoms with Gasteiger partial charge in [-0.05, 0) is 13.3 Å². The minimum absolute atomic E-state index is 0.0831. The summed E-state index contributed by atoms with van der Waals surface area (Å²) in [5, 5.41) is 0. The van der Waals surface area contributed by atoms with Crippen LogP contribution >= 0.6 is 0 Å². The standard InChI is InChI=1S/C15H27NO2Si/c1-7-8-9-10-13-16-14(11(2)18-13)15(17)12(3)19(4,5)6/h12H,7-10H2,1-6H3. The SMILES string of the molecule is CCCCCc1nc(C(=O)C(C)[Si](C)(C)C)c(C)o1. The quantitative estimate of drug-likeness (QED) is 0.416. The zero-order chi connectivity index (χ0) is 14.6. The molecule has 108 valence electrons. The van der Waals surface area contributed by atoms with Gasteiger partial charge < -0.3 is 4.42 Å². The summed E-state index contributed by atoms with van der Waals surface area (Å²) in [6.45, 7) is 12.7. The van der Waals surface area contributed by atoms with Gasteiger partial charge >= 0.3 is 0 Å². The molecule has 1 heterocycles. The highest BCUT2D eigenvalue weighted by Gasteiger charge is 2.32. The second kappa shape index (κ2) is 6.50. The van der Waals surface area contributed by atoms with Gasteiger partial charge in [-0.1, -0.05) is 46.3 Å². The van der Waals surface area contributed by atoms with Crippen LogP contribution in [-0.4, -0.2) is 18.8 Å². The van der Waals surface area contributed by atoms with Crippen molar-refractivity contribution in [1.82, 2.24) is 4.98 Å². The normalized spacial score (nSPS) is 13.6. The molecule has 19 heavy (non-hydrogen) atoms. The fourth-order valence-corrected chi connectivity index (χ4v) is 2.83. The number of ketones is 1. The number of carbonyl (C=O) groups is 1. The fraction of sp³-hybridized carbons (Fsp3) is 0.733. The highest BCUT2D eigenvalue weighted by atomic mass is 28.3. The number of nitrogens with zero attached hydrogens (tertiary/aromatic N) is 1. The van der Waals surface area contributed by atoms with Crippen molar-refractivity contribution in [2.45, 2.75) is 71.6 Å². The van der Waals surface area contributed by atoms with Gasteiger partial charge in [-0.25, -0.2) is 4.98 Å². The van der Waals surface area contributed by atoms with Crippen LogP contribution in [0, 0.1) is 6.92 Å². The third-order valence-electron chi connectivity index (χ3n) is 3.76. The Morgan fingerprint density at radius 1 is 1.32 bits per heavy atom. The van der Waals surface area contributed by atoms with Crippen LogP contribution in [0.15, 0.2) is 4.42 Å². The Bertz CT molecular complexity index is 432. The average Bonchev–Trinajstić information content (AvgIpc) is 2.68. The predicted octanol–water partition coefficient (Wildman–Crippen LogP) is 4.63. The van der Waals surface area contributed by atoms with Crippen LogP contribution in [0.2, 0.25) is 25.2 Å². The zero-order valence-electron chi connectivity index (χ0n) is 13.2. The molecule has 1 aromatic rings. The summed E-state index contributed by atoms with van der Waals surface area (Å²) in [5.74, 6) is 1.56. The molecule has 0 saturated heterocycles. The highest BCUT2D eigenvalue weighted by molar-refractivity contribution is 6.80. The van der Waals surface area contributed by atoms with E-state index in [-0.39, 0.29) is 11.3 Å². The van der Waals surface area contributed by atoms with Gasteiger partial charge in [0.05, 0.1) is 8.07 Å². The molecule has 0 fully saturated rings. The van der Waals surface area contributed by atoms with E-state index in [2.05, 4.69) is 31.5 Å². The number of aryl methyl sites for hydroxylation is 2. The van der Waals surface area contributed by atoms with Crippen LogP contribution in [0.4, 0.5) is 0 Å². The number of unbranched alkanes of at least 4 members (excludes halogenated alkanes) is 2. The number of hydrogen-bond acceptors (Lipinski definition) is 3. The van der Waals surface area contributed by atoms with Gasteiger partial charge in [0.1, 0.15) is 11.5 Å². The first-order valence-corrected chi connectivity index (χ1v) is 10.9. The molecule has 0 amide bonds. The number of hydrogen-bond donors (Lipinski definition) is 0. The molecule has 0 aliphatic heterocycles. The van der Waals surface area contributed by atoms with Crippen molar-refractivity contribution in [3.05, 3.63) is 17.3 Å². The summed E-state index contributed by atoms with van der Waals surface area (Å²) < 4.78 is 5.63. The molecule has 0 bridgehead atoms. The van der Waals surface area contributed by atoms with Crippen LogP contribution in [0.3, 0.4) is 0 Å². The molecule has 3 nitrogen and oxygen atoms in total. The molecule has 1 atom stereocenters. The highest BCUT2D eigenvalue weighted by Crippen LogP contribution is 2.27. The summed E-state index contributed by atoms with van der Waals surface area (Å²) in [5.41, 5.74) is 0.640. The molecule has 0 aliphatic carbocycles. The van der Waals surface area contributed by atoms with E-state index >= 15 is 0 Å². The Kier molecular flexibility index (Phi) is 5.53. The van der Waals surface area contributed by atoms with Crippen molar-refractivity contribution in [2.24, 2.45) is 0 Å². The van der Waals surface area contributed by atoms with Gasteiger partial charge in [-0.2, -0.15) is 0 Å². The minimum atomic E-state index is -1.48. The van der Waals surface area contributed by atoms with Gasteiger partial charge in [0, 0.05) is 12.0 Å². The molecule has 1 aromatic heterocycles. The van der Waals surface area contributed by atoms with Crippen LogP contribution in [0.5, 0.6) is 0 Å². The molecular weight excluding hydrogens is 254 g/mol. The molecule has 0 aliphatic rings. The second-order valence-electron chi connectivity index (χ2n) is 6.42. The maximum atomic E-state index is 12.5. The zero-order valence-corrected chi connectivity index (χ0v) is 14.2. The molecule has 0 radical (unpaired) electrons. The number of rotatable bonds is 7. The summed E-state index contributed by atoms with van der Waals surface area (Å²) in [6, 6.07) is 0. The summed E-state index contributed by atoms with van der Waals surface area (Å²) >= 11 is 0. The van der Waals surface area contributed by atoms with Crippen LogP contribution < -0.4 is 0 Å². The maximum Gasteiger partial charge on any atom is 0.195 e. The van der Waals surface area contributed by atoms with Crippen molar-refractivity contribution in [3.8, 4) is 0 Å². The number of oxazole rings is 1. The smallest absolute Gasteiger partial charge is 0.195 e. The van der Waals surface area contributed by atoms with Crippen molar-refractivity contribution >= 4 is 13.9 Å². The van der Waals surface area contributed by atoms with E-state index in [1.54, 1.807) is 0 Å². The first kappa shape index (κ1) is 16.2. The predicted molar refractivity (Wildman–Crippen MR) is 81.6 cm³/mol. The van der Waals surface area contributed by atoms with E-state index in [1.165, 1.54) is 12.8 Å². The molecule has 1 rings (SSSR count). The largest absolute Gasteiger partial charge is 0.445 e. The van der Waals surface area contributed by atoms with E-state index in [0.29, 0.717) is 11.5 Å². The molecule has 0 saturated carbocycles. The monoisotopic (exact) mass is 281 g/mol. The van der Waals surface area contributed by atoms with Gasteiger partial charge in [-0.3, -0.25) is 4.79 Å². The van der Waals surface area contributed by atoms with Crippen molar-refractivity contribution in [3.63, 3.8) is 0 Å². The van der Waals surface area contributed by atoms with E-state index in [0.717, 1.165) is 18.7 Å². The van der Waals surface area contributed by atoms with Gasteiger partial charge in [0.2, 0.25) is 0 Å². The second-order valence-corrected chi connectivity index (χ2v) is 12.0. The van der Waals surface area contributed by atoms with Crippen LogP contribution in [0.1, 0.15) is 55.2 Å². The van der Waals surface area contributed by atoms with E-state index < -0.39 is 8.07 Å². The molecule has 4 heteroatoms. The Labute approximate surface area is 117 Å². The van der Waals surface area contributed by atoms with Gasteiger partial charge in [-0.15, -0.1) is 0 Å². The van der Waals surface area contributed by atoms with Crippen LogP contribution in [-0.2, 0) is 6.42 Å². The number of Topliss-reactive ketones (excluding diaryl/α,β-unsaturated/α-hetero) is 1. The Morgan fingerprint density at radius 3 is 2.47 bits per heavy atom. The topological polar surface area (TPSA) is 43.1 Å². The van der Waals surface area contributed by atoms with E-state index in [1.807, 2.05) is 13.8 Å². The fourth-order valence-electron chi connectivity index (χ4n) is 1.91. The summed E-state index contributed by atoms with van der Waals surface area (Å²) in [4.78, 5) is 16.9. The third-order valence-corrected chi connectivity index (χ3v) is 6.62. The Morgan fingerprint density at radius 2 is 1.95 bits per heavy atom. The lowest BCUT2D eigenvalue weighted by Gasteiger charge is -2.22. The van der Waals surface area contributed by atoms with Gasteiger partial charge in [0.25, 0.3) is 0 Å². The lowest BCUT2D eigenvalue weighted by molar-refractivity contribution is 0.0980. The van der Waals surface area contributed by atoms with Crippen molar-refractivity contribution < 1.29 is 9.21 Å². The van der Waals surface area contributed by atoms with Crippen molar-refractivity contribution in [1.29, 1.82) is 0 Å². The Balaban J connectivity index is 2.81. The molecular formula is C15H27NO2Si. The number of aromatic nitrogens is 1. The summed E-state index contributed by atoms with van der Waals surface area (Å²) in [7, 11) is -1.48. The summed E-state index contributed by atoms with van der Waals surface area (Å²) in [6.07, 6.45) is 4.27. The van der Waals surface area contributed by atoms with Crippen molar-refractivity contribution in [2.75, 3.05) is 0 Å². The van der Waals surface area contributed by atoms with E-state index in [9.17, 15) is 4.79 Å².